The Bertz CT molecular complexity index is 766. The zero-order valence-corrected chi connectivity index (χ0v) is 10.9. The number of aryl methyl sites for hydroxylation is 1. The van der Waals surface area contributed by atoms with Gasteiger partial charge in [-0.15, -0.1) is 11.3 Å². The summed E-state index contributed by atoms with van der Waals surface area (Å²) in [7, 11) is 0. The topological polar surface area (TPSA) is 63.1 Å². The minimum absolute atomic E-state index is 0.261. The summed E-state index contributed by atoms with van der Waals surface area (Å²) in [5.74, 6) is -0.950. The highest BCUT2D eigenvalue weighted by atomic mass is 32.1. The second-order valence-electron chi connectivity index (χ2n) is 4.25. The van der Waals surface area contributed by atoms with E-state index in [0.29, 0.717) is 22.3 Å². The van der Waals surface area contributed by atoms with E-state index >= 15 is 0 Å². The first-order valence-corrected chi connectivity index (χ1v) is 6.63. The zero-order chi connectivity index (χ0) is 13.4. The third kappa shape index (κ3) is 2.08. The van der Waals surface area contributed by atoms with Gasteiger partial charge in [0.25, 0.3) is 0 Å². The van der Waals surface area contributed by atoms with Crippen LogP contribution in [0.3, 0.4) is 0 Å². The Morgan fingerprint density at radius 2 is 2.11 bits per heavy atom. The summed E-state index contributed by atoms with van der Waals surface area (Å²) in [5.41, 5.74) is 4.95. The first kappa shape index (κ1) is 11.8. The fraction of sp³-hybridized carbons (Fsp3) is 0.0714. The van der Waals surface area contributed by atoms with E-state index < -0.39 is 5.97 Å². The van der Waals surface area contributed by atoms with Crippen molar-refractivity contribution in [2.24, 2.45) is 0 Å². The second-order valence-corrected chi connectivity index (χ2v) is 4.97. The van der Waals surface area contributed by atoms with E-state index in [4.69, 9.17) is 0 Å². The number of benzene rings is 1. The smallest absolute Gasteiger partial charge is 0.336 e. The lowest BCUT2D eigenvalue weighted by molar-refractivity contribution is 0.0699. The van der Waals surface area contributed by atoms with Gasteiger partial charge < -0.3 is 5.11 Å². The maximum Gasteiger partial charge on any atom is 0.336 e. The number of carboxylic acids is 1. The van der Waals surface area contributed by atoms with Crippen LogP contribution in [-0.4, -0.2) is 21.0 Å². The molecule has 94 valence electrons. The van der Waals surface area contributed by atoms with Crippen molar-refractivity contribution in [1.29, 1.82) is 0 Å². The third-order valence-electron chi connectivity index (χ3n) is 2.89. The molecule has 0 amide bonds. The summed E-state index contributed by atoms with van der Waals surface area (Å²) >= 11 is 1.46. The van der Waals surface area contributed by atoms with E-state index in [1.54, 1.807) is 11.6 Å². The maximum atomic E-state index is 11.4. The summed E-state index contributed by atoms with van der Waals surface area (Å²) in [6.07, 6.45) is 0. The number of carbonyl (C=O) groups is 1. The number of carboxylic acid groups (broad SMARTS) is 1. The lowest BCUT2D eigenvalue weighted by Crippen LogP contribution is -2.00. The molecule has 2 heterocycles. The molecule has 3 rings (SSSR count). The van der Waals surface area contributed by atoms with Gasteiger partial charge in [0, 0.05) is 10.8 Å². The fourth-order valence-corrected chi connectivity index (χ4v) is 2.53. The van der Waals surface area contributed by atoms with Crippen molar-refractivity contribution in [3.05, 3.63) is 46.3 Å². The molecule has 0 spiro atoms. The highest BCUT2D eigenvalue weighted by molar-refractivity contribution is 7.07. The Morgan fingerprint density at radius 1 is 1.26 bits per heavy atom. The summed E-state index contributed by atoms with van der Waals surface area (Å²) in [4.78, 5) is 20.1. The predicted molar refractivity (Wildman–Crippen MR) is 74.5 cm³/mol. The molecule has 0 aliphatic carbocycles. The van der Waals surface area contributed by atoms with Crippen LogP contribution in [0.2, 0.25) is 0 Å². The molecule has 0 bridgehead atoms. The quantitative estimate of drug-likeness (QED) is 0.775. The van der Waals surface area contributed by atoms with Crippen molar-refractivity contribution in [1.82, 2.24) is 9.97 Å². The highest BCUT2D eigenvalue weighted by Crippen LogP contribution is 2.25. The molecule has 2 aromatic heterocycles. The summed E-state index contributed by atoms with van der Waals surface area (Å²) in [6.45, 7) is 1.93. The molecule has 0 unspecified atom stereocenters. The van der Waals surface area contributed by atoms with Gasteiger partial charge in [0.1, 0.15) is 0 Å². The van der Waals surface area contributed by atoms with Crippen molar-refractivity contribution in [3.63, 3.8) is 0 Å². The minimum atomic E-state index is -0.950. The summed E-state index contributed by atoms with van der Waals surface area (Å²) in [5, 5.41) is 11.9. The van der Waals surface area contributed by atoms with Crippen LogP contribution in [0, 0.1) is 6.92 Å². The third-order valence-corrected chi connectivity index (χ3v) is 3.48. The SMILES string of the molecule is Cc1ccc2nc(-c3cscn3)cc(C(=O)O)c2c1. The Labute approximate surface area is 113 Å². The first-order chi connectivity index (χ1) is 9.15. The monoisotopic (exact) mass is 270 g/mol. The number of pyridine rings is 1. The van der Waals surface area contributed by atoms with Crippen molar-refractivity contribution >= 4 is 28.2 Å². The molecule has 19 heavy (non-hydrogen) atoms. The van der Waals surface area contributed by atoms with Crippen molar-refractivity contribution in [3.8, 4) is 11.4 Å². The number of nitrogens with zero attached hydrogens (tertiary/aromatic N) is 2. The molecule has 1 N–H and O–H groups in total. The molecular weight excluding hydrogens is 260 g/mol. The fourth-order valence-electron chi connectivity index (χ4n) is 1.99. The van der Waals surface area contributed by atoms with Crippen molar-refractivity contribution in [2.75, 3.05) is 0 Å². The molecule has 0 radical (unpaired) electrons. The van der Waals surface area contributed by atoms with Crippen LogP contribution in [0.4, 0.5) is 0 Å². The number of aromatic nitrogens is 2. The van der Waals surface area contributed by atoms with Crippen LogP contribution < -0.4 is 0 Å². The van der Waals surface area contributed by atoms with Crippen LogP contribution in [0.1, 0.15) is 15.9 Å². The predicted octanol–water partition coefficient (Wildman–Crippen LogP) is 3.36. The molecule has 4 nitrogen and oxygen atoms in total. The number of thiazole rings is 1. The van der Waals surface area contributed by atoms with Crippen LogP contribution in [0.5, 0.6) is 0 Å². The standard InChI is InChI=1S/C14H10N2O2S/c1-8-2-3-11-9(4-8)10(14(17)18)5-12(16-11)13-6-19-7-15-13/h2-7H,1H3,(H,17,18). The number of rotatable bonds is 2. The average molecular weight is 270 g/mol. The molecule has 5 heteroatoms. The minimum Gasteiger partial charge on any atom is -0.478 e. The molecule has 0 fully saturated rings. The number of hydrogen-bond acceptors (Lipinski definition) is 4. The van der Waals surface area contributed by atoms with Gasteiger partial charge in [-0.25, -0.2) is 14.8 Å². The molecule has 3 aromatic rings. The van der Waals surface area contributed by atoms with Crippen molar-refractivity contribution < 1.29 is 9.90 Å². The van der Waals surface area contributed by atoms with E-state index in [-0.39, 0.29) is 5.56 Å². The number of fused-ring (bicyclic) bond motifs is 1. The van der Waals surface area contributed by atoms with Crippen molar-refractivity contribution in [2.45, 2.75) is 6.92 Å². The molecule has 1 aromatic carbocycles. The Morgan fingerprint density at radius 3 is 2.79 bits per heavy atom. The second kappa shape index (κ2) is 4.44. The van der Waals surface area contributed by atoms with Gasteiger partial charge in [-0.05, 0) is 25.1 Å². The van der Waals surface area contributed by atoms with Crippen LogP contribution in [-0.2, 0) is 0 Å². The lowest BCUT2D eigenvalue weighted by atomic mass is 10.0. The average Bonchev–Trinajstić information content (AvgIpc) is 2.91. The molecule has 0 saturated heterocycles. The van der Waals surface area contributed by atoms with Crippen LogP contribution in [0.15, 0.2) is 35.2 Å². The van der Waals surface area contributed by atoms with Gasteiger partial charge in [0.05, 0.1) is 28.0 Å². The van der Waals surface area contributed by atoms with Crippen LogP contribution in [0.25, 0.3) is 22.3 Å². The number of hydrogen-bond donors (Lipinski definition) is 1. The normalized spacial score (nSPS) is 10.8. The van der Waals surface area contributed by atoms with E-state index in [0.717, 1.165) is 5.56 Å². The molecule has 0 atom stereocenters. The van der Waals surface area contributed by atoms with E-state index in [2.05, 4.69) is 9.97 Å². The van der Waals surface area contributed by atoms with Gasteiger partial charge in [-0.2, -0.15) is 0 Å². The molecule has 0 aliphatic heterocycles. The Hall–Kier alpha value is -2.27. The van der Waals surface area contributed by atoms with Gasteiger partial charge >= 0.3 is 5.97 Å². The molecule has 0 aliphatic rings. The summed E-state index contributed by atoms with van der Waals surface area (Å²) < 4.78 is 0. The summed E-state index contributed by atoms with van der Waals surface area (Å²) in [6, 6.07) is 7.19. The van der Waals surface area contributed by atoms with E-state index in [1.807, 2.05) is 30.5 Å². The van der Waals surface area contributed by atoms with E-state index in [9.17, 15) is 9.90 Å². The van der Waals surface area contributed by atoms with Gasteiger partial charge in [0.2, 0.25) is 0 Å². The van der Waals surface area contributed by atoms with E-state index in [1.165, 1.54) is 11.3 Å². The Kier molecular flexibility index (Phi) is 2.76. The first-order valence-electron chi connectivity index (χ1n) is 5.68. The van der Waals surface area contributed by atoms with Crippen LogP contribution >= 0.6 is 11.3 Å². The largest absolute Gasteiger partial charge is 0.478 e. The molecular formula is C14H10N2O2S. The molecule has 0 saturated carbocycles. The van der Waals surface area contributed by atoms with Gasteiger partial charge in [-0.3, -0.25) is 0 Å². The maximum absolute atomic E-state index is 11.4. The number of aromatic carboxylic acids is 1. The highest BCUT2D eigenvalue weighted by Gasteiger charge is 2.13. The lowest BCUT2D eigenvalue weighted by Gasteiger charge is -2.06. The van der Waals surface area contributed by atoms with Gasteiger partial charge in [0.15, 0.2) is 0 Å². The Balaban J connectivity index is 2.34. The zero-order valence-electron chi connectivity index (χ0n) is 10.1. The van der Waals surface area contributed by atoms with Gasteiger partial charge in [-0.1, -0.05) is 11.6 Å².